The molecule has 4 rings (SSSR count). The second kappa shape index (κ2) is 18.4. The van der Waals surface area contributed by atoms with Crippen LogP contribution in [0.1, 0.15) is 69.8 Å². The average Bonchev–Trinajstić information content (AvgIpc) is 3.93. The highest BCUT2D eigenvalue weighted by atomic mass is 16.5. The molecule has 3 fully saturated rings. The van der Waals surface area contributed by atoms with Crippen LogP contribution in [-0.2, 0) is 25.5 Å². The summed E-state index contributed by atoms with van der Waals surface area (Å²) < 4.78 is 5.41. The minimum Gasteiger partial charge on any atom is -0.390 e. The molecule has 1 aliphatic heterocycles. The van der Waals surface area contributed by atoms with E-state index in [2.05, 4.69) is 21.5 Å². The van der Waals surface area contributed by atoms with Crippen LogP contribution in [0.3, 0.4) is 0 Å². The molecular weight excluding hydrogens is 584 g/mol. The maximum atomic E-state index is 13.8. The smallest absolute Gasteiger partial charge is 0.243 e. The zero-order valence-corrected chi connectivity index (χ0v) is 27.4. The zero-order chi connectivity index (χ0) is 32.9. The molecule has 1 heterocycles. The fraction of sp³-hybridized carbons (Fsp3) is 0.694. The number of rotatable bonds is 17. The van der Waals surface area contributed by atoms with Gasteiger partial charge in [-0.05, 0) is 43.1 Å². The third-order valence-corrected chi connectivity index (χ3v) is 9.86. The lowest BCUT2D eigenvalue weighted by atomic mass is 9.82. The lowest BCUT2D eigenvalue weighted by Gasteiger charge is -2.33. The Kier molecular flexibility index (Phi) is 14.3. The third kappa shape index (κ3) is 11.4. The van der Waals surface area contributed by atoms with Gasteiger partial charge in [0, 0.05) is 46.1 Å². The summed E-state index contributed by atoms with van der Waals surface area (Å²) >= 11 is 0. The second-order valence-electron chi connectivity index (χ2n) is 13.5. The van der Waals surface area contributed by atoms with Gasteiger partial charge >= 0.3 is 0 Å². The molecule has 1 aromatic carbocycles. The quantitative estimate of drug-likeness (QED) is 0.192. The first-order valence-electron chi connectivity index (χ1n) is 17.2. The van der Waals surface area contributed by atoms with Crippen molar-refractivity contribution in [3.05, 3.63) is 35.9 Å². The van der Waals surface area contributed by atoms with Crippen molar-refractivity contribution >= 4 is 17.7 Å². The Morgan fingerprint density at radius 2 is 1.72 bits per heavy atom. The van der Waals surface area contributed by atoms with Crippen molar-refractivity contribution in [3.63, 3.8) is 0 Å². The normalized spacial score (nSPS) is 20.8. The van der Waals surface area contributed by atoms with Crippen molar-refractivity contribution in [2.75, 3.05) is 46.4 Å². The van der Waals surface area contributed by atoms with Crippen LogP contribution in [0.25, 0.3) is 0 Å². The number of likely N-dealkylation sites (N-methyl/N-ethyl adjacent to an activating group) is 1. The lowest BCUT2D eigenvalue weighted by molar-refractivity contribution is -0.137. The van der Waals surface area contributed by atoms with Gasteiger partial charge in [0.05, 0.1) is 31.3 Å². The van der Waals surface area contributed by atoms with E-state index in [-0.39, 0.29) is 24.7 Å². The highest BCUT2D eigenvalue weighted by Crippen LogP contribution is 2.36. The molecule has 1 saturated heterocycles. The predicted octanol–water partition coefficient (Wildman–Crippen LogP) is 2.12. The molecule has 1 aromatic rings. The minimum atomic E-state index is -1.10. The van der Waals surface area contributed by atoms with Crippen LogP contribution >= 0.6 is 0 Å². The van der Waals surface area contributed by atoms with E-state index in [0.717, 1.165) is 63.7 Å². The first kappa shape index (κ1) is 35.9. The highest BCUT2D eigenvalue weighted by molar-refractivity contribution is 5.91. The fourth-order valence-electron chi connectivity index (χ4n) is 6.68. The largest absolute Gasteiger partial charge is 0.390 e. The summed E-state index contributed by atoms with van der Waals surface area (Å²) in [5.41, 5.74) is 0.911. The number of nitrogens with zero attached hydrogens (tertiary/aromatic N) is 2. The van der Waals surface area contributed by atoms with Gasteiger partial charge in [0.2, 0.25) is 17.7 Å². The molecule has 0 radical (unpaired) electrons. The van der Waals surface area contributed by atoms with Crippen LogP contribution in [-0.4, -0.2) is 108 Å². The first-order chi connectivity index (χ1) is 22.2. The van der Waals surface area contributed by atoms with Gasteiger partial charge in [0.25, 0.3) is 0 Å². The number of terminal acetylenes is 1. The van der Waals surface area contributed by atoms with Crippen LogP contribution in [0.5, 0.6) is 0 Å². The number of carbonyl (C=O) groups is 3. The molecular formula is C36H54N4O6. The molecule has 3 aliphatic rings. The van der Waals surface area contributed by atoms with Gasteiger partial charge < -0.3 is 30.5 Å². The Morgan fingerprint density at radius 1 is 1.02 bits per heavy atom. The number of carbonyl (C=O) groups excluding carboxylic acids is 3. The van der Waals surface area contributed by atoms with Crippen molar-refractivity contribution in [1.29, 1.82) is 0 Å². The first-order valence-corrected chi connectivity index (χ1v) is 17.2. The Balaban J connectivity index is 1.42. The van der Waals surface area contributed by atoms with Gasteiger partial charge in [-0.3, -0.25) is 19.3 Å². The van der Waals surface area contributed by atoms with Gasteiger partial charge in [-0.25, -0.2) is 0 Å². The Morgan fingerprint density at radius 3 is 2.37 bits per heavy atom. The molecule has 254 valence electrons. The lowest BCUT2D eigenvalue weighted by Crippen LogP contribution is -2.56. The number of hydrogen-bond acceptors (Lipinski definition) is 7. The van der Waals surface area contributed by atoms with E-state index in [1.54, 1.807) is 11.9 Å². The third-order valence-electron chi connectivity index (χ3n) is 9.86. The van der Waals surface area contributed by atoms with E-state index in [9.17, 15) is 24.6 Å². The van der Waals surface area contributed by atoms with Crippen molar-refractivity contribution in [1.82, 2.24) is 20.4 Å². The molecule has 2 aliphatic carbocycles. The van der Waals surface area contributed by atoms with E-state index in [0.29, 0.717) is 38.5 Å². The van der Waals surface area contributed by atoms with Crippen LogP contribution < -0.4 is 10.6 Å². The molecule has 1 unspecified atom stereocenters. The number of aliphatic hydroxyl groups excluding tert-OH is 2. The molecule has 5 atom stereocenters. The number of hydrogen-bond donors (Lipinski definition) is 4. The Labute approximate surface area is 274 Å². The molecule has 4 N–H and O–H groups in total. The van der Waals surface area contributed by atoms with Gasteiger partial charge in [-0.2, -0.15) is 0 Å². The van der Waals surface area contributed by atoms with Crippen molar-refractivity contribution in [2.45, 2.75) is 94.9 Å². The maximum Gasteiger partial charge on any atom is 0.243 e. The van der Waals surface area contributed by atoms with E-state index >= 15 is 0 Å². The summed E-state index contributed by atoms with van der Waals surface area (Å²) in [7, 11) is 1.75. The molecule has 0 bridgehead atoms. The number of aliphatic hydroxyl groups is 2. The summed E-state index contributed by atoms with van der Waals surface area (Å²) in [6.07, 6.45) is 11.7. The van der Waals surface area contributed by atoms with Crippen LogP contribution in [0, 0.1) is 30.1 Å². The maximum absolute atomic E-state index is 13.8. The van der Waals surface area contributed by atoms with Gasteiger partial charge in [-0.15, -0.1) is 12.3 Å². The fourth-order valence-corrected chi connectivity index (χ4v) is 6.68. The highest BCUT2D eigenvalue weighted by Gasteiger charge is 2.40. The van der Waals surface area contributed by atoms with Crippen molar-refractivity contribution < 1.29 is 29.3 Å². The predicted molar refractivity (Wildman–Crippen MR) is 176 cm³/mol. The second-order valence-corrected chi connectivity index (χ2v) is 13.5. The van der Waals surface area contributed by atoms with Gasteiger partial charge in [-0.1, -0.05) is 62.4 Å². The van der Waals surface area contributed by atoms with Gasteiger partial charge in [0.15, 0.2) is 0 Å². The summed E-state index contributed by atoms with van der Waals surface area (Å²) in [6.45, 7) is 4.30. The number of benzene rings is 1. The van der Waals surface area contributed by atoms with E-state index in [1.807, 2.05) is 30.3 Å². The molecule has 10 heteroatoms. The van der Waals surface area contributed by atoms with Crippen molar-refractivity contribution in [2.24, 2.45) is 17.8 Å². The van der Waals surface area contributed by atoms with Crippen LogP contribution in [0.2, 0.25) is 0 Å². The molecule has 0 aromatic heterocycles. The Hall–Kier alpha value is -2.97. The monoisotopic (exact) mass is 638 g/mol. The minimum absolute atomic E-state index is 0.0126. The number of ether oxygens (including phenoxy) is 1. The molecule has 2 saturated carbocycles. The topological polar surface area (TPSA) is 131 Å². The van der Waals surface area contributed by atoms with E-state index < -0.39 is 42.0 Å². The van der Waals surface area contributed by atoms with Crippen LogP contribution in [0.4, 0.5) is 0 Å². The molecule has 46 heavy (non-hydrogen) atoms. The standard InChI is InChI=1S/C36H54N4O6/c1-3-10-30(36(45)38-31(24-27-13-8-5-9-14-27)34(43)33(42)28-15-16-28)37-35(44)29(23-26-11-6-4-7-12-26)25-32(41)39(2)17-18-40-19-21-46-22-20-40/h1,4,6-7,11-12,27-31,33-34,42-43H,5,8-10,13-25H2,2H3,(H,37,44)(H,38,45)/t29-,30?,31+,33+,34-/m1/s1. The van der Waals surface area contributed by atoms with Crippen molar-refractivity contribution in [3.8, 4) is 12.3 Å². The number of morpholine rings is 1. The summed E-state index contributed by atoms with van der Waals surface area (Å²) in [5.74, 6) is 1.14. The van der Waals surface area contributed by atoms with Gasteiger partial charge in [0.1, 0.15) is 12.1 Å². The Bertz CT molecular complexity index is 1140. The number of amides is 3. The SMILES string of the molecule is C#CCC(NC(=O)[C@@H](CC(=O)N(C)CCN1CCOCC1)Cc1ccccc1)C(=O)N[C@@H](CC1CCCCC1)[C@@H](O)[C@@H](O)C1CC1. The zero-order valence-electron chi connectivity index (χ0n) is 27.4. The molecule has 0 spiro atoms. The summed E-state index contributed by atoms with van der Waals surface area (Å²) in [4.78, 5) is 44.7. The van der Waals surface area contributed by atoms with Crippen LogP contribution in [0.15, 0.2) is 30.3 Å². The average molecular weight is 639 g/mol. The summed E-state index contributed by atoms with van der Waals surface area (Å²) in [6, 6.07) is 7.83. The van der Waals surface area contributed by atoms with E-state index in [4.69, 9.17) is 11.2 Å². The summed E-state index contributed by atoms with van der Waals surface area (Å²) in [5, 5.41) is 27.7. The molecule has 10 nitrogen and oxygen atoms in total. The molecule has 3 amide bonds. The number of nitrogens with one attached hydrogen (secondary N) is 2. The van der Waals surface area contributed by atoms with E-state index in [1.165, 1.54) is 6.42 Å².